The third-order valence-electron chi connectivity index (χ3n) is 14.2. The van der Waals surface area contributed by atoms with Crippen molar-refractivity contribution in [3.05, 3.63) is 0 Å². The van der Waals surface area contributed by atoms with Crippen molar-refractivity contribution in [2.45, 2.75) is 139 Å². The summed E-state index contributed by atoms with van der Waals surface area (Å²) >= 11 is 0. The van der Waals surface area contributed by atoms with E-state index >= 15 is 0 Å². The molecule has 0 bridgehead atoms. The number of esters is 1. The van der Waals surface area contributed by atoms with Crippen LogP contribution in [0.5, 0.6) is 0 Å². The zero-order valence-corrected chi connectivity index (χ0v) is 24.3. The molecule has 0 aliphatic heterocycles. The van der Waals surface area contributed by atoms with Crippen molar-refractivity contribution in [2.24, 2.45) is 56.2 Å². The summed E-state index contributed by atoms with van der Waals surface area (Å²) in [4.78, 5) is 11.9. The van der Waals surface area contributed by atoms with E-state index in [0.717, 1.165) is 18.8 Å². The summed E-state index contributed by atoms with van der Waals surface area (Å²) in [5, 5.41) is 11.5. The lowest BCUT2D eigenvalue weighted by atomic mass is 9.30. The molecule has 0 aromatic carbocycles. The van der Waals surface area contributed by atoms with Gasteiger partial charge in [0.05, 0.1) is 6.10 Å². The Morgan fingerprint density at radius 1 is 0.686 bits per heavy atom. The van der Waals surface area contributed by atoms with E-state index in [-0.39, 0.29) is 34.4 Å². The molecule has 5 fully saturated rings. The second-order valence-corrected chi connectivity index (χ2v) is 16.2. The SMILES string of the molecule is CC(=O)OC1CCC2(C)C(CCC3(C)C2CCC2C4(C)CCC(C)(C)C(O)C4CCC23C)C1(C)C. The number of carbonyl (C=O) groups is 1. The lowest BCUT2D eigenvalue weighted by molar-refractivity contribution is -0.269. The quantitative estimate of drug-likeness (QED) is 0.385. The van der Waals surface area contributed by atoms with Crippen LogP contribution in [0, 0.1) is 56.2 Å². The number of rotatable bonds is 1. The first-order valence-electron chi connectivity index (χ1n) is 14.9. The van der Waals surface area contributed by atoms with Crippen molar-refractivity contribution in [3.63, 3.8) is 0 Å². The van der Waals surface area contributed by atoms with Gasteiger partial charge in [0, 0.05) is 12.3 Å². The van der Waals surface area contributed by atoms with Gasteiger partial charge in [0.1, 0.15) is 6.10 Å². The number of fused-ring (bicyclic) bond motifs is 7. The van der Waals surface area contributed by atoms with Crippen LogP contribution in [-0.4, -0.2) is 23.3 Å². The van der Waals surface area contributed by atoms with Gasteiger partial charge in [-0.2, -0.15) is 0 Å². The minimum Gasteiger partial charge on any atom is -0.462 e. The van der Waals surface area contributed by atoms with Gasteiger partial charge in [-0.05, 0) is 115 Å². The highest BCUT2D eigenvalue weighted by Gasteiger charge is 2.71. The molecule has 3 nitrogen and oxygen atoms in total. The molecule has 0 aromatic heterocycles. The van der Waals surface area contributed by atoms with E-state index < -0.39 is 0 Å². The van der Waals surface area contributed by atoms with Gasteiger partial charge in [0.15, 0.2) is 0 Å². The number of hydrogen-bond acceptors (Lipinski definition) is 3. The third-order valence-corrected chi connectivity index (χ3v) is 14.2. The van der Waals surface area contributed by atoms with Crippen LogP contribution in [-0.2, 0) is 9.53 Å². The zero-order chi connectivity index (χ0) is 25.8. The topological polar surface area (TPSA) is 46.5 Å². The predicted octanol–water partition coefficient (Wildman–Crippen LogP) is 7.79. The molecule has 10 unspecified atom stereocenters. The van der Waals surface area contributed by atoms with Crippen LogP contribution < -0.4 is 0 Å². The molecule has 0 heterocycles. The third kappa shape index (κ3) is 3.27. The first-order chi connectivity index (χ1) is 16.0. The van der Waals surface area contributed by atoms with E-state index in [2.05, 4.69) is 55.4 Å². The summed E-state index contributed by atoms with van der Waals surface area (Å²) in [6.45, 7) is 21.5. The Kier molecular flexibility index (Phi) is 5.76. The minimum atomic E-state index is -0.165. The second-order valence-electron chi connectivity index (χ2n) is 16.2. The Bertz CT molecular complexity index is 876. The fourth-order valence-corrected chi connectivity index (χ4v) is 12.0. The summed E-state index contributed by atoms with van der Waals surface area (Å²) < 4.78 is 5.90. The second kappa shape index (κ2) is 7.73. The molecule has 5 aliphatic carbocycles. The van der Waals surface area contributed by atoms with Crippen LogP contribution >= 0.6 is 0 Å². The van der Waals surface area contributed by atoms with Crippen molar-refractivity contribution >= 4 is 5.97 Å². The molecular formula is C32H54O3. The van der Waals surface area contributed by atoms with Gasteiger partial charge in [-0.25, -0.2) is 0 Å². The highest BCUT2D eigenvalue weighted by Crippen LogP contribution is 2.77. The molecule has 0 amide bonds. The van der Waals surface area contributed by atoms with Gasteiger partial charge in [-0.15, -0.1) is 0 Å². The van der Waals surface area contributed by atoms with Gasteiger partial charge in [-0.3, -0.25) is 4.79 Å². The Labute approximate surface area is 215 Å². The smallest absolute Gasteiger partial charge is 0.302 e. The monoisotopic (exact) mass is 486 g/mol. The van der Waals surface area contributed by atoms with E-state index in [4.69, 9.17) is 4.74 Å². The normalized spacial score (nSPS) is 54.5. The highest BCUT2D eigenvalue weighted by molar-refractivity contribution is 5.66. The van der Waals surface area contributed by atoms with Crippen molar-refractivity contribution in [2.75, 3.05) is 0 Å². The van der Waals surface area contributed by atoms with E-state index in [1.807, 2.05) is 0 Å². The largest absolute Gasteiger partial charge is 0.462 e. The number of ether oxygens (including phenoxy) is 1. The molecule has 0 spiro atoms. The molecule has 0 aromatic rings. The predicted molar refractivity (Wildman–Crippen MR) is 142 cm³/mol. The zero-order valence-electron chi connectivity index (χ0n) is 24.3. The van der Waals surface area contributed by atoms with E-state index in [1.165, 1.54) is 51.4 Å². The summed E-state index contributed by atoms with van der Waals surface area (Å²) in [6.07, 6.45) is 12.2. The van der Waals surface area contributed by atoms with Crippen molar-refractivity contribution < 1.29 is 14.6 Å². The van der Waals surface area contributed by atoms with Crippen molar-refractivity contribution in [1.29, 1.82) is 0 Å². The molecule has 5 saturated carbocycles. The van der Waals surface area contributed by atoms with Crippen LogP contribution in [0.1, 0.15) is 127 Å². The Hall–Kier alpha value is -0.570. The number of carbonyl (C=O) groups excluding carboxylic acids is 1. The van der Waals surface area contributed by atoms with Gasteiger partial charge < -0.3 is 9.84 Å². The maximum atomic E-state index is 11.9. The van der Waals surface area contributed by atoms with E-state index in [1.54, 1.807) is 6.92 Å². The maximum absolute atomic E-state index is 11.9. The van der Waals surface area contributed by atoms with Crippen LogP contribution in [0.4, 0.5) is 0 Å². The molecule has 200 valence electrons. The first-order valence-corrected chi connectivity index (χ1v) is 14.9. The fourth-order valence-electron chi connectivity index (χ4n) is 12.0. The van der Waals surface area contributed by atoms with Crippen molar-refractivity contribution in [3.8, 4) is 0 Å². The number of hydrogen-bond donors (Lipinski definition) is 1. The maximum Gasteiger partial charge on any atom is 0.302 e. The summed E-state index contributed by atoms with van der Waals surface area (Å²) in [5.41, 5.74) is 1.34. The average Bonchev–Trinajstić information content (AvgIpc) is 2.74. The molecule has 0 radical (unpaired) electrons. The highest BCUT2D eigenvalue weighted by atomic mass is 16.5. The molecule has 0 saturated heterocycles. The Balaban J connectivity index is 1.48. The van der Waals surface area contributed by atoms with E-state index in [9.17, 15) is 9.90 Å². The lowest BCUT2D eigenvalue weighted by Crippen LogP contribution is -2.68. The Morgan fingerprint density at radius 3 is 1.86 bits per heavy atom. The molecule has 3 heteroatoms. The van der Waals surface area contributed by atoms with Gasteiger partial charge in [0.25, 0.3) is 0 Å². The number of aliphatic hydroxyl groups excluding tert-OH is 1. The average molecular weight is 487 g/mol. The summed E-state index contributed by atoms with van der Waals surface area (Å²) in [6, 6.07) is 0. The van der Waals surface area contributed by atoms with Gasteiger partial charge in [-0.1, -0.05) is 55.4 Å². The summed E-state index contributed by atoms with van der Waals surface area (Å²) in [5.74, 6) is 2.39. The minimum absolute atomic E-state index is 0.0282. The van der Waals surface area contributed by atoms with Crippen LogP contribution in [0.3, 0.4) is 0 Å². The molecule has 35 heavy (non-hydrogen) atoms. The molecular weight excluding hydrogens is 432 g/mol. The Morgan fingerprint density at radius 2 is 1.26 bits per heavy atom. The van der Waals surface area contributed by atoms with Gasteiger partial charge in [0.2, 0.25) is 0 Å². The summed E-state index contributed by atoms with van der Waals surface area (Å²) in [7, 11) is 0. The standard InChI is InChI=1S/C32H54O3/c1-20(33)35-25-14-15-30(7)22(28(25,4)5)13-17-32(9)24(30)11-10-23-29(6)19-18-27(2,3)26(34)21(29)12-16-31(23,32)8/h21-26,34H,10-19H2,1-9H3. The van der Waals surface area contributed by atoms with E-state index in [0.29, 0.717) is 34.0 Å². The molecule has 10 atom stereocenters. The fraction of sp³-hybridized carbons (Fsp3) is 0.969. The van der Waals surface area contributed by atoms with Gasteiger partial charge >= 0.3 is 5.97 Å². The van der Waals surface area contributed by atoms with Crippen LogP contribution in [0.2, 0.25) is 0 Å². The van der Waals surface area contributed by atoms with Crippen LogP contribution in [0.15, 0.2) is 0 Å². The van der Waals surface area contributed by atoms with Crippen LogP contribution in [0.25, 0.3) is 0 Å². The molecule has 1 N–H and O–H groups in total. The lowest BCUT2D eigenvalue weighted by Gasteiger charge is -2.74. The number of aliphatic hydroxyl groups is 1. The first kappa shape index (κ1) is 26.1. The molecule has 5 rings (SSSR count). The van der Waals surface area contributed by atoms with Crippen molar-refractivity contribution in [1.82, 2.24) is 0 Å². The molecule has 5 aliphatic rings.